The fourth-order valence-electron chi connectivity index (χ4n) is 3.42. The Hall–Kier alpha value is -2.97. The Morgan fingerprint density at radius 1 is 1.37 bits per heavy atom. The molecule has 2 rings (SSSR count). The van der Waals surface area contributed by atoms with E-state index in [-0.39, 0.29) is 17.7 Å². The Kier molecular flexibility index (Phi) is 5.82. The van der Waals surface area contributed by atoms with Crippen LogP contribution in [-0.2, 0) is 19.1 Å². The Morgan fingerprint density at radius 2 is 2.00 bits per heavy atom. The van der Waals surface area contributed by atoms with Crippen LogP contribution in [-0.4, -0.2) is 35.2 Å². The van der Waals surface area contributed by atoms with Crippen LogP contribution >= 0.6 is 0 Å². The van der Waals surface area contributed by atoms with Crippen LogP contribution in [0.15, 0.2) is 35.5 Å². The second-order valence-corrected chi connectivity index (χ2v) is 6.18. The van der Waals surface area contributed by atoms with Gasteiger partial charge in [0.05, 0.1) is 17.1 Å². The van der Waals surface area contributed by atoms with Crippen molar-refractivity contribution in [3.63, 3.8) is 0 Å². The van der Waals surface area contributed by atoms with E-state index in [2.05, 4.69) is 5.32 Å². The normalized spacial score (nSPS) is 24.8. The van der Waals surface area contributed by atoms with Crippen molar-refractivity contribution < 1.29 is 28.4 Å². The lowest BCUT2D eigenvalue weighted by atomic mass is 9.75. The highest BCUT2D eigenvalue weighted by Crippen LogP contribution is 2.45. The quantitative estimate of drug-likeness (QED) is 0.361. The first kappa shape index (κ1) is 20.3. The zero-order valence-electron chi connectivity index (χ0n) is 15.4. The maximum absolute atomic E-state index is 14.6. The first-order chi connectivity index (χ1) is 12.7. The number of carbonyl (C=O) groups is 2. The van der Waals surface area contributed by atoms with Gasteiger partial charge in [0.1, 0.15) is 17.8 Å². The Morgan fingerprint density at radius 3 is 2.52 bits per heavy atom. The SMILES string of the molecule is CCOC(=O)C1=C(C)NC(C)C(OC(C)=O)([N+](=O)[O-])C1c1ccccc1F. The summed E-state index contributed by atoms with van der Waals surface area (Å²) in [5.41, 5.74) is -2.43. The summed E-state index contributed by atoms with van der Waals surface area (Å²) in [7, 11) is 0. The van der Waals surface area contributed by atoms with E-state index >= 15 is 0 Å². The molecule has 0 radical (unpaired) electrons. The third kappa shape index (κ3) is 3.49. The highest BCUT2D eigenvalue weighted by Gasteiger charge is 2.65. The second-order valence-electron chi connectivity index (χ2n) is 6.18. The van der Waals surface area contributed by atoms with E-state index in [1.54, 1.807) is 6.92 Å². The summed E-state index contributed by atoms with van der Waals surface area (Å²) in [6.45, 7) is 5.59. The molecule has 8 nitrogen and oxygen atoms in total. The summed E-state index contributed by atoms with van der Waals surface area (Å²) in [6.07, 6.45) is 0. The minimum atomic E-state index is -2.43. The average molecular weight is 380 g/mol. The van der Waals surface area contributed by atoms with Gasteiger partial charge >= 0.3 is 17.7 Å². The van der Waals surface area contributed by atoms with Crippen LogP contribution in [0, 0.1) is 15.9 Å². The van der Waals surface area contributed by atoms with Gasteiger partial charge in [-0.15, -0.1) is 0 Å². The Bertz CT molecular complexity index is 809. The molecule has 0 fully saturated rings. The Balaban J connectivity index is 2.85. The number of benzene rings is 1. The van der Waals surface area contributed by atoms with Gasteiger partial charge in [0.15, 0.2) is 0 Å². The topological polar surface area (TPSA) is 108 Å². The van der Waals surface area contributed by atoms with Crippen molar-refractivity contribution in [2.75, 3.05) is 6.61 Å². The molecule has 0 spiro atoms. The van der Waals surface area contributed by atoms with Gasteiger partial charge in [-0.2, -0.15) is 0 Å². The molecule has 1 heterocycles. The third-order valence-corrected chi connectivity index (χ3v) is 4.46. The average Bonchev–Trinajstić information content (AvgIpc) is 2.57. The van der Waals surface area contributed by atoms with Crippen LogP contribution in [0.2, 0.25) is 0 Å². The largest absolute Gasteiger partial charge is 0.463 e. The molecule has 146 valence electrons. The maximum Gasteiger partial charge on any atom is 0.396 e. The summed E-state index contributed by atoms with van der Waals surface area (Å²) in [6, 6.07) is 4.31. The second kappa shape index (κ2) is 7.73. The van der Waals surface area contributed by atoms with Crippen molar-refractivity contribution in [2.45, 2.75) is 45.4 Å². The summed E-state index contributed by atoms with van der Waals surface area (Å²) >= 11 is 0. The predicted molar refractivity (Wildman–Crippen MR) is 92.6 cm³/mol. The van der Waals surface area contributed by atoms with Crippen molar-refractivity contribution in [1.29, 1.82) is 0 Å². The molecular weight excluding hydrogens is 359 g/mol. The number of hydrogen-bond acceptors (Lipinski definition) is 7. The van der Waals surface area contributed by atoms with Gasteiger partial charge < -0.3 is 14.8 Å². The van der Waals surface area contributed by atoms with Gasteiger partial charge in [0.25, 0.3) is 0 Å². The summed E-state index contributed by atoms with van der Waals surface area (Å²) in [4.78, 5) is 35.7. The van der Waals surface area contributed by atoms with E-state index in [0.717, 1.165) is 13.0 Å². The number of nitro groups is 1. The zero-order chi connectivity index (χ0) is 20.4. The van der Waals surface area contributed by atoms with Crippen molar-refractivity contribution in [2.24, 2.45) is 0 Å². The van der Waals surface area contributed by atoms with Crippen LogP contribution in [0.5, 0.6) is 0 Å². The zero-order valence-corrected chi connectivity index (χ0v) is 15.4. The fraction of sp³-hybridized carbons (Fsp3) is 0.444. The number of ether oxygens (including phenoxy) is 2. The lowest BCUT2D eigenvalue weighted by Gasteiger charge is -2.41. The molecule has 0 saturated heterocycles. The lowest BCUT2D eigenvalue weighted by Crippen LogP contribution is -2.64. The van der Waals surface area contributed by atoms with Gasteiger partial charge in [-0.25, -0.2) is 9.18 Å². The van der Waals surface area contributed by atoms with Gasteiger partial charge in [0.2, 0.25) is 0 Å². The Labute approximate surface area is 155 Å². The number of allylic oxidation sites excluding steroid dienone is 1. The number of rotatable bonds is 5. The van der Waals surface area contributed by atoms with Gasteiger partial charge in [-0.1, -0.05) is 18.2 Å². The summed E-state index contributed by atoms with van der Waals surface area (Å²) in [5, 5.41) is 14.9. The summed E-state index contributed by atoms with van der Waals surface area (Å²) < 4.78 is 24.8. The van der Waals surface area contributed by atoms with Crippen molar-refractivity contribution in [3.8, 4) is 0 Å². The van der Waals surface area contributed by atoms with Gasteiger partial charge in [-0.3, -0.25) is 14.9 Å². The minimum absolute atomic E-state index is 0.0220. The number of esters is 2. The lowest BCUT2D eigenvalue weighted by molar-refractivity contribution is -0.630. The van der Waals surface area contributed by atoms with Crippen LogP contribution in [0.3, 0.4) is 0 Å². The molecule has 0 saturated carbocycles. The molecule has 9 heteroatoms. The van der Waals surface area contributed by atoms with Crippen LogP contribution < -0.4 is 5.32 Å². The molecule has 0 aliphatic carbocycles. The number of hydrogen-bond donors (Lipinski definition) is 1. The molecule has 3 atom stereocenters. The number of nitrogens with zero attached hydrogens (tertiary/aromatic N) is 1. The fourth-order valence-corrected chi connectivity index (χ4v) is 3.42. The summed E-state index contributed by atoms with van der Waals surface area (Å²) in [5.74, 6) is -4.03. The molecule has 0 amide bonds. The predicted octanol–water partition coefficient (Wildman–Crippen LogP) is 2.27. The maximum atomic E-state index is 14.6. The molecule has 1 aliphatic heterocycles. The van der Waals surface area contributed by atoms with E-state index in [1.165, 1.54) is 32.0 Å². The molecule has 1 N–H and O–H groups in total. The van der Waals surface area contributed by atoms with Crippen molar-refractivity contribution in [3.05, 3.63) is 57.0 Å². The third-order valence-electron chi connectivity index (χ3n) is 4.46. The first-order valence-electron chi connectivity index (χ1n) is 8.39. The molecule has 0 bridgehead atoms. The highest BCUT2D eigenvalue weighted by molar-refractivity contribution is 5.92. The molecular formula is C18H21FN2O6. The standard InChI is InChI=1S/C18H21FN2O6/c1-5-26-17(23)15-10(2)20-11(3)18(21(24)25,27-12(4)22)16(15)13-8-6-7-9-14(13)19/h6-9,11,16,20H,5H2,1-4H3. The van der Waals surface area contributed by atoms with Crippen molar-refractivity contribution >= 4 is 11.9 Å². The van der Waals surface area contributed by atoms with Crippen molar-refractivity contribution in [1.82, 2.24) is 5.32 Å². The number of nitrogens with one attached hydrogen (secondary N) is 1. The van der Waals surface area contributed by atoms with E-state index in [1.807, 2.05) is 0 Å². The smallest absolute Gasteiger partial charge is 0.396 e. The first-order valence-corrected chi connectivity index (χ1v) is 8.39. The van der Waals surface area contributed by atoms with E-state index in [0.29, 0.717) is 5.70 Å². The van der Waals surface area contributed by atoms with E-state index in [4.69, 9.17) is 9.47 Å². The molecule has 27 heavy (non-hydrogen) atoms. The number of carbonyl (C=O) groups excluding carboxylic acids is 2. The van der Waals surface area contributed by atoms with Crippen LogP contribution in [0.25, 0.3) is 0 Å². The molecule has 3 unspecified atom stereocenters. The van der Waals surface area contributed by atoms with Gasteiger partial charge in [-0.05, 0) is 26.8 Å². The van der Waals surface area contributed by atoms with E-state index in [9.17, 15) is 24.1 Å². The number of halogens is 1. The molecule has 1 aromatic carbocycles. The molecule has 1 aliphatic rings. The minimum Gasteiger partial charge on any atom is -0.463 e. The highest BCUT2D eigenvalue weighted by atomic mass is 19.1. The van der Waals surface area contributed by atoms with Crippen LogP contribution in [0.4, 0.5) is 4.39 Å². The van der Waals surface area contributed by atoms with Gasteiger partial charge in [0, 0.05) is 18.2 Å². The monoisotopic (exact) mass is 380 g/mol. The molecule has 1 aromatic rings. The molecule has 0 aromatic heterocycles. The van der Waals surface area contributed by atoms with Crippen LogP contribution in [0.1, 0.15) is 39.2 Å². The van der Waals surface area contributed by atoms with E-state index < -0.39 is 40.4 Å².